The fourth-order valence-electron chi connectivity index (χ4n) is 5.33. The number of aromatic nitrogens is 6. The van der Waals surface area contributed by atoms with Crippen LogP contribution < -0.4 is 16.0 Å². The van der Waals surface area contributed by atoms with Crippen molar-refractivity contribution in [2.24, 2.45) is 5.41 Å². The fraction of sp³-hybridized carbons (Fsp3) is 0.417. The van der Waals surface area contributed by atoms with Crippen LogP contribution in [0.2, 0.25) is 0 Å². The summed E-state index contributed by atoms with van der Waals surface area (Å²) in [5.41, 5.74) is 4.95. The van der Waals surface area contributed by atoms with E-state index in [1.54, 1.807) is 0 Å². The molecule has 7 rings (SSSR count). The molecule has 3 fully saturated rings. The minimum atomic E-state index is 0.432. The van der Waals surface area contributed by atoms with Crippen molar-refractivity contribution < 1.29 is 0 Å². The Bertz CT molecular complexity index is 1310. The van der Waals surface area contributed by atoms with Gasteiger partial charge in [-0.3, -0.25) is 4.68 Å². The lowest BCUT2D eigenvalue weighted by Crippen LogP contribution is -2.52. The lowest BCUT2D eigenvalue weighted by atomic mass is 9.80. The van der Waals surface area contributed by atoms with E-state index in [-0.39, 0.29) is 0 Å². The van der Waals surface area contributed by atoms with Crippen LogP contribution in [0.5, 0.6) is 0 Å². The Labute approximate surface area is 191 Å². The summed E-state index contributed by atoms with van der Waals surface area (Å²) in [5, 5.41) is 19.8. The van der Waals surface area contributed by atoms with Crippen LogP contribution in [0, 0.1) is 5.41 Å². The number of pyridine rings is 1. The summed E-state index contributed by atoms with van der Waals surface area (Å²) < 4.78 is 3.91. The second-order valence-corrected chi connectivity index (χ2v) is 9.75. The lowest BCUT2D eigenvalue weighted by Gasteiger charge is -2.39. The molecule has 0 bridgehead atoms. The van der Waals surface area contributed by atoms with Gasteiger partial charge in [0.25, 0.3) is 0 Å². The third-order valence-corrected chi connectivity index (χ3v) is 7.46. The first-order valence-electron chi connectivity index (χ1n) is 11.8. The first-order valence-corrected chi connectivity index (χ1v) is 11.8. The maximum atomic E-state index is 4.92. The second kappa shape index (κ2) is 7.36. The number of fused-ring (bicyclic) bond motifs is 1. The topological polar surface area (TPSA) is 97.0 Å². The molecule has 1 unspecified atom stereocenters. The van der Waals surface area contributed by atoms with Gasteiger partial charge >= 0.3 is 0 Å². The third kappa shape index (κ3) is 3.30. The van der Waals surface area contributed by atoms with Gasteiger partial charge in [-0.25, -0.2) is 14.5 Å². The van der Waals surface area contributed by atoms with Crippen LogP contribution in [-0.4, -0.2) is 61.6 Å². The van der Waals surface area contributed by atoms with E-state index < -0.39 is 0 Å². The van der Waals surface area contributed by atoms with E-state index in [0.717, 1.165) is 60.3 Å². The zero-order chi connectivity index (χ0) is 21.8. The van der Waals surface area contributed by atoms with Crippen molar-refractivity contribution in [3.05, 3.63) is 48.9 Å². The van der Waals surface area contributed by atoms with E-state index in [9.17, 15) is 0 Å². The Morgan fingerprint density at radius 3 is 2.76 bits per heavy atom. The number of nitrogens with one attached hydrogen (secondary N) is 3. The van der Waals surface area contributed by atoms with Crippen molar-refractivity contribution in [2.75, 3.05) is 31.5 Å². The van der Waals surface area contributed by atoms with Gasteiger partial charge in [-0.2, -0.15) is 10.2 Å². The molecule has 6 heterocycles. The highest BCUT2D eigenvalue weighted by molar-refractivity contribution is 5.64. The molecule has 1 saturated carbocycles. The average Bonchev–Trinajstić information content (AvgIpc) is 3.50. The molecule has 3 N–H and O–H groups in total. The summed E-state index contributed by atoms with van der Waals surface area (Å²) in [5.74, 6) is 0.920. The maximum Gasteiger partial charge on any atom is 0.154 e. The summed E-state index contributed by atoms with van der Waals surface area (Å²) in [6.45, 7) is 4.25. The number of hydrogen-bond acceptors (Lipinski definition) is 7. The molecule has 4 aromatic rings. The monoisotopic (exact) mass is 441 g/mol. The molecule has 2 aliphatic heterocycles. The molecule has 9 heteroatoms. The highest BCUT2D eigenvalue weighted by Crippen LogP contribution is 2.42. The molecule has 9 nitrogen and oxygen atoms in total. The molecule has 3 aliphatic rings. The van der Waals surface area contributed by atoms with Crippen LogP contribution in [-0.2, 0) is 0 Å². The van der Waals surface area contributed by atoms with Crippen molar-refractivity contribution in [3.8, 4) is 22.6 Å². The second-order valence-electron chi connectivity index (χ2n) is 9.75. The van der Waals surface area contributed by atoms with E-state index in [1.807, 2.05) is 39.8 Å². The molecule has 33 heavy (non-hydrogen) atoms. The molecule has 4 aromatic heterocycles. The molecular formula is C24H27N9. The minimum Gasteiger partial charge on any atom is -0.367 e. The molecule has 1 spiro atoms. The minimum absolute atomic E-state index is 0.432. The summed E-state index contributed by atoms with van der Waals surface area (Å²) >= 11 is 0. The first-order chi connectivity index (χ1) is 16.2. The van der Waals surface area contributed by atoms with Crippen LogP contribution in [0.15, 0.2) is 48.9 Å². The van der Waals surface area contributed by atoms with Crippen molar-refractivity contribution in [2.45, 2.75) is 31.3 Å². The average molecular weight is 442 g/mol. The molecule has 0 amide bonds. The van der Waals surface area contributed by atoms with Crippen LogP contribution in [0.25, 0.3) is 28.3 Å². The van der Waals surface area contributed by atoms with Crippen molar-refractivity contribution in [1.29, 1.82) is 0 Å². The van der Waals surface area contributed by atoms with Gasteiger partial charge in [-0.1, -0.05) is 6.07 Å². The van der Waals surface area contributed by atoms with Crippen molar-refractivity contribution in [3.63, 3.8) is 0 Å². The zero-order valence-corrected chi connectivity index (χ0v) is 18.4. The quantitative estimate of drug-likeness (QED) is 0.437. The van der Waals surface area contributed by atoms with Gasteiger partial charge in [-0.15, -0.1) is 0 Å². The molecular weight excluding hydrogens is 414 g/mol. The number of nitrogens with zero attached hydrogens (tertiary/aromatic N) is 6. The Balaban J connectivity index is 1.17. The van der Waals surface area contributed by atoms with Gasteiger partial charge in [-0.05, 0) is 48.9 Å². The predicted molar refractivity (Wildman–Crippen MR) is 126 cm³/mol. The van der Waals surface area contributed by atoms with Gasteiger partial charge < -0.3 is 16.0 Å². The molecule has 1 aliphatic carbocycles. The summed E-state index contributed by atoms with van der Waals surface area (Å²) in [7, 11) is 0. The Morgan fingerprint density at radius 1 is 1.03 bits per heavy atom. The van der Waals surface area contributed by atoms with E-state index in [1.165, 1.54) is 19.3 Å². The summed E-state index contributed by atoms with van der Waals surface area (Å²) in [4.78, 5) is 9.48. The van der Waals surface area contributed by atoms with Crippen molar-refractivity contribution in [1.82, 2.24) is 40.0 Å². The Kier molecular flexibility index (Phi) is 4.28. The smallest absolute Gasteiger partial charge is 0.154 e. The Hall–Kier alpha value is -3.30. The SMILES string of the molecule is c1cc(NC2CCC3(CNC3)C2)nc(-c2cnc3ccc(-c4cnn(C5CNC5)c4)nn23)c1. The number of hydrogen-bond donors (Lipinski definition) is 3. The van der Waals surface area contributed by atoms with E-state index in [0.29, 0.717) is 17.5 Å². The van der Waals surface area contributed by atoms with E-state index in [4.69, 9.17) is 10.1 Å². The summed E-state index contributed by atoms with van der Waals surface area (Å²) in [6, 6.07) is 11.1. The van der Waals surface area contributed by atoms with Crippen LogP contribution in [0.4, 0.5) is 5.82 Å². The lowest BCUT2D eigenvalue weighted by molar-refractivity contribution is 0.176. The molecule has 1 atom stereocenters. The van der Waals surface area contributed by atoms with Gasteiger partial charge in [0.05, 0.1) is 29.8 Å². The standard InChI is InChI=1S/C24H27N9/c1-2-20(30-22(3-1)29-17-6-7-24(8-17)14-26-15-24)21-12-27-23-5-4-19(31-33(21)23)16-9-28-32(13-16)18-10-25-11-18/h1-5,9,12-13,17-18,25-26H,6-8,10-11,14-15H2,(H,29,30). The van der Waals surface area contributed by atoms with E-state index >= 15 is 0 Å². The molecule has 0 radical (unpaired) electrons. The van der Waals surface area contributed by atoms with Crippen LogP contribution in [0.3, 0.4) is 0 Å². The molecule has 168 valence electrons. The zero-order valence-electron chi connectivity index (χ0n) is 18.4. The molecule has 0 aromatic carbocycles. The van der Waals surface area contributed by atoms with Gasteiger partial charge in [0.15, 0.2) is 5.65 Å². The number of rotatable bonds is 5. The number of anilines is 1. The predicted octanol–water partition coefficient (Wildman–Crippen LogP) is 2.35. The highest BCUT2D eigenvalue weighted by Gasteiger charge is 2.43. The van der Waals surface area contributed by atoms with Gasteiger partial charge in [0.2, 0.25) is 0 Å². The normalized spacial score (nSPS) is 21.9. The fourth-order valence-corrected chi connectivity index (χ4v) is 5.33. The molecule has 2 saturated heterocycles. The van der Waals surface area contributed by atoms with Crippen molar-refractivity contribution >= 4 is 11.5 Å². The van der Waals surface area contributed by atoms with Crippen LogP contribution >= 0.6 is 0 Å². The largest absolute Gasteiger partial charge is 0.367 e. The summed E-state index contributed by atoms with van der Waals surface area (Å²) in [6.07, 6.45) is 9.54. The Morgan fingerprint density at radius 2 is 1.97 bits per heavy atom. The highest BCUT2D eigenvalue weighted by atomic mass is 15.3. The number of imidazole rings is 1. The van der Waals surface area contributed by atoms with Gasteiger partial charge in [0.1, 0.15) is 11.5 Å². The van der Waals surface area contributed by atoms with E-state index in [2.05, 4.69) is 44.4 Å². The van der Waals surface area contributed by atoms with Gasteiger partial charge in [0, 0.05) is 44.0 Å². The first kappa shape index (κ1) is 19.2. The third-order valence-electron chi connectivity index (χ3n) is 7.46. The maximum absolute atomic E-state index is 4.92. The van der Waals surface area contributed by atoms with Crippen LogP contribution in [0.1, 0.15) is 25.3 Å².